The largest absolute Gasteiger partial charge is 0.351 e. The minimum Gasteiger partial charge on any atom is -0.351 e. The molecule has 0 radical (unpaired) electrons. The average Bonchev–Trinajstić information content (AvgIpc) is 2.96. The number of benzene rings is 2. The molecule has 0 aliphatic carbocycles. The maximum Gasteiger partial charge on any atom is 0.213 e. The molecule has 1 N–H and O–H groups in total. The molecule has 3 heterocycles. The van der Waals surface area contributed by atoms with Crippen LogP contribution < -0.4 is 10.2 Å². The van der Waals surface area contributed by atoms with Crippen LogP contribution in [0.25, 0.3) is 22.2 Å². The van der Waals surface area contributed by atoms with Crippen LogP contribution in [-0.4, -0.2) is 66.4 Å². The Morgan fingerprint density at radius 1 is 1.05 bits per heavy atom. The van der Waals surface area contributed by atoms with Crippen molar-refractivity contribution in [2.45, 2.75) is 32.2 Å². The summed E-state index contributed by atoms with van der Waals surface area (Å²) in [6, 6.07) is 20.2. The van der Waals surface area contributed by atoms with E-state index >= 15 is 0 Å². The molecule has 1 saturated heterocycles. The number of aromatic nitrogens is 3. The summed E-state index contributed by atoms with van der Waals surface area (Å²) in [5.41, 5.74) is 3.06. The molecule has 1 aliphatic rings. The Labute approximate surface area is 241 Å². The van der Waals surface area contributed by atoms with Crippen molar-refractivity contribution in [2.24, 2.45) is 10.9 Å². The Morgan fingerprint density at radius 3 is 2.49 bits per heavy atom. The Morgan fingerprint density at radius 2 is 1.83 bits per heavy atom. The standard InChI is InChI=1S/C29H30N8O2S.CH4/c1-20(2)27-18-36(28-14-13-24(34-35-28)21-9-11-22(12-10-21)40(3,38)39)16-17-37(27)29(32-19-30)33-26-8-4-7-25-23(26)6-5-15-31-25;/h4-15,20,27H,16-18H2,1-3H3,(H,32,33);1H4/t27-;/m0./s1. The Bertz CT molecular complexity index is 1680. The number of aliphatic imine (C=N–C) groups is 1. The van der Waals surface area contributed by atoms with Crippen LogP contribution in [0.5, 0.6) is 0 Å². The molecule has 0 amide bonds. The average molecular weight is 571 g/mol. The molecular formula is C30H34N8O2S. The summed E-state index contributed by atoms with van der Waals surface area (Å²) in [4.78, 5) is 13.9. The highest BCUT2D eigenvalue weighted by molar-refractivity contribution is 7.90. The van der Waals surface area contributed by atoms with Gasteiger partial charge in [0.1, 0.15) is 0 Å². The van der Waals surface area contributed by atoms with Crippen LogP contribution in [0, 0.1) is 17.4 Å². The van der Waals surface area contributed by atoms with E-state index in [1.807, 2.05) is 42.5 Å². The number of sulfone groups is 1. The SMILES string of the molecule is C.CC(C)[C@@H]1CN(c2ccc(-c3ccc(S(C)(=O)=O)cc3)nn2)CCN1C(=Nc1cccc2ncccc12)NC#N. The molecule has 5 rings (SSSR count). The van der Waals surface area contributed by atoms with Crippen LogP contribution in [0.3, 0.4) is 0 Å². The first kappa shape index (κ1) is 29.4. The van der Waals surface area contributed by atoms with E-state index in [0.717, 1.165) is 28.0 Å². The fourth-order valence-electron chi connectivity index (χ4n) is 4.89. The third-order valence-corrected chi connectivity index (χ3v) is 8.16. The van der Waals surface area contributed by atoms with Gasteiger partial charge < -0.3 is 9.80 Å². The number of nitrogens with zero attached hydrogens (tertiary/aromatic N) is 7. The number of fused-ring (bicyclic) bond motifs is 1. The smallest absolute Gasteiger partial charge is 0.213 e. The molecule has 0 unspecified atom stereocenters. The predicted molar refractivity (Wildman–Crippen MR) is 162 cm³/mol. The number of guanidine groups is 1. The second kappa shape index (κ2) is 12.3. The molecule has 4 aromatic rings. The van der Waals surface area contributed by atoms with Crippen molar-refractivity contribution in [3.63, 3.8) is 0 Å². The lowest BCUT2D eigenvalue weighted by molar-refractivity contribution is 0.220. The highest BCUT2D eigenvalue weighted by Crippen LogP contribution is 2.27. The van der Waals surface area contributed by atoms with Gasteiger partial charge in [-0.05, 0) is 54.4 Å². The molecule has 0 spiro atoms. The zero-order valence-corrected chi connectivity index (χ0v) is 23.4. The van der Waals surface area contributed by atoms with Gasteiger partial charge in [0.05, 0.1) is 27.8 Å². The van der Waals surface area contributed by atoms with Gasteiger partial charge in [-0.1, -0.05) is 39.5 Å². The van der Waals surface area contributed by atoms with Crippen LogP contribution in [-0.2, 0) is 9.84 Å². The lowest BCUT2D eigenvalue weighted by Crippen LogP contribution is -2.59. The summed E-state index contributed by atoms with van der Waals surface area (Å²) in [5.74, 6) is 1.54. The summed E-state index contributed by atoms with van der Waals surface area (Å²) in [5, 5.41) is 22.2. The number of nitriles is 1. The van der Waals surface area contributed by atoms with Crippen LogP contribution in [0.15, 0.2) is 82.8 Å². The number of nitrogens with one attached hydrogen (secondary N) is 1. The highest BCUT2D eigenvalue weighted by atomic mass is 32.2. The van der Waals surface area contributed by atoms with E-state index in [0.29, 0.717) is 31.3 Å². The highest BCUT2D eigenvalue weighted by Gasteiger charge is 2.32. The third kappa shape index (κ3) is 6.44. The van der Waals surface area contributed by atoms with Crippen LogP contribution >= 0.6 is 0 Å². The van der Waals surface area contributed by atoms with E-state index in [4.69, 9.17) is 4.99 Å². The van der Waals surface area contributed by atoms with Gasteiger partial charge in [0.25, 0.3) is 0 Å². The zero-order chi connectivity index (χ0) is 28.3. The predicted octanol–water partition coefficient (Wildman–Crippen LogP) is 4.64. The van der Waals surface area contributed by atoms with Crippen molar-refractivity contribution in [1.29, 1.82) is 5.26 Å². The summed E-state index contributed by atoms with van der Waals surface area (Å²) >= 11 is 0. The van der Waals surface area contributed by atoms with Crippen molar-refractivity contribution in [3.05, 3.63) is 72.9 Å². The number of piperazine rings is 1. The minimum atomic E-state index is -3.26. The summed E-state index contributed by atoms with van der Waals surface area (Å²) in [6.45, 7) is 6.29. The molecule has 212 valence electrons. The molecule has 1 atom stereocenters. The van der Waals surface area contributed by atoms with Crippen molar-refractivity contribution in [3.8, 4) is 17.5 Å². The van der Waals surface area contributed by atoms with Crippen molar-refractivity contribution in [1.82, 2.24) is 25.4 Å². The molecule has 1 fully saturated rings. The van der Waals surface area contributed by atoms with Crippen LogP contribution in [0.2, 0.25) is 0 Å². The van der Waals surface area contributed by atoms with Crippen molar-refractivity contribution >= 4 is 38.2 Å². The van der Waals surface area contributed by atoms with E-state index in [2.05, 4.69) is 50.3 Å². The number of rotatable bonds is 5. The first-order valence-corrected chi connectivity index (χ1v) is 14.9. The van der Waals surface area contributed by atoms with Gasteiger partial charge in [-0.15, -0.1) is 10.2 Å². The Balaban J connectivity index is 0.00000387. The fourth-order valence-corrected chi connectivity index (χ4v) is 5.52. The maximum atomic E-state index is 11.8. The molecule has 10 nitrogen and oxygen atoms in total. The van der Waals surface area contributed by atoms with E-state index in [9.17, 15) is 13.7 Å². The topological polar surface area (TPSA) is 127 Å². The second-order valence-corrected chi connectivity index (χ2v) is 12.1. The molecule has 11 heteroatoms. The lowest BCUT2D eigenvalue weighted by Gasteiger charge is -2.44. The first-order chi connectivity index (χ1) is 19.2. The second-order valence-electron chi connectivity index (χ2n) is 10.0. The van der Waals surface area contributed by atoms with Crippen LogP contribution in [0.1, 0.15) is 21.3 Å². The quantitative estimate of drug-likeness (QED) is 0.158. The van der Waals surface area contributed by atoms with Gasteiger partial charge in [0.15, 0.2) is 21.8 Å². The maximum absolute atomic E-state index is 11.8. The molecule has 41 heavy (non-hydrogen) atoms. The van der Waals surface area contributed by atoms with Gasteiger partial charge in [0.2, 0.25) is 5.96 Å². The van der Waals surface area contributed by atoms with Gasteiger partial charge in [-0.25, -0.2) is 13.4 Å². The van der Waals surface area contributed by atoms with Gasteiger partial charge in [-0.2, -0.15) is 5.26 Å². The molecule has 1 aliphatic heterocycles. The Kier molecular flexibility index (Phi) is 8.83. The summed E-state index contributed by atoms with van der Waals surface area (Å²) in [7, 11) is -3.26. The fraction of sp³-hybridized carbons (Fsp3) is 0.300. The molecular weight excluding hydrogens is 536 g/mol. The first-order valence-electron chi connectivity index (χ1n) is 13.0. The zero-order valence-electron chi connectivity index (χ0n) is 22.6. The molecule has 0 saturated carbocycles. The van der Waals surface area contributed by atoms with Crippen LogP contribution in [0.4, 0.5) is 11.5 Å². The number of hydrogen-bond acceptors (Lipinski definition) is 8. The van der Waals surface area contributed by atoms with Crippen molar-refractivity contribution in [2.75, 3.05) is 30.8 Å². The number of anilines is 1. The van der Waals surface area contributed by atoms with Gasteiger partial charge in [0, 0.05) is 43.0 Å². The molecule has 2 aromatic heterocycles. The molecule has 0 bridgehead atoms. The van der Waals surface area contributed by atoms with E-state index in [1.165, 1.54) is 6.26 Å². The van der Waals surface area contributed by atoms with E-state index < -0.39 is 9.84 Å². The molecule has 2 aromatic carbocycles. The monoisotopic (exact) mass is 570 g/mol. The number of pyridine rings is 1. The van der Waals surface area contributed by atoms with E-state index in [1.54, 1.807) is 30.5 Å². The lowest BCUT2D eigenvalue weighted by atomic mass is 9.99. The normalized spacial score (nSPS) is 15.9. The number of hydrogen-bond donors (Lipinski definition) is 1. The van der Waals surface area contributed by atoms with E-state index in [-0.39, 0.29) is 24.3 Å². The Hall–Kier alpha value is -4.56. The summed E-state index contributed by atoms with van der Waals surface area (Å²) in [6.07, 6.45) is 5.00. The van der Waals surface area contributed by atoms with Gasteiger partial charge in [-0.3, -0.25) is 10.3 Å². The third-order valence-electron chi connectivity index (χ3n) is 7.03. The summed E-state index contributed by atoms with van der Waals surface area (Å²) < 4.78 is 23.5. The van der Waals surface area contributed by atoms with Gasteiger partial charge >= 0.3 is 0 Å². The minimum absolute atomic E-state index is 0. The van der Waals surface area contributed by atoms with Crippen molar-refractivity contribution < 1.29 is 8.42 Å².